The number of amidine groups is 1. The van der Waals surface area contributed by atoms with E-state index in [0.29, 0.717) is 19.0 Å². The van der Waals surface area contributed by atoms with Gasteiger partial charge in [0.05, 0.1) is 6.54 Å². The van der Waals surface area contributed by atoms with Gasteiger partial charge < -0.3 is 9.15 Å². The molecule has 7 aromatic carbocycles. The van der Waals surface area contributed by atoms with Crippen LogP contribution in [0, 0.1) is 0 Å². The summed E-state index contributed by atoms with van der Waals surface area (Å²) in [6.45, 7) is 3.02. The van der Waals surface area contributed by atoms with E-state index in [1.165, 1.54) is 11.1 Å². The lowest BCUT2D eigenvalue weighted by molar-refractivity contribution is 0.360. The van der Waals surface area contributed by atoms with Gasteiger partial charge in [-0.3, -0.25) is 4.99 Å². The summed E-state index contributed by atoms with van der Waals surface area (Å²) < 4.78 is 12.3. The molecule has 1 aliphatic rings. The Morgan fingerprint density at radius 2 is 1.29 bits per heavy atom. The van der Waals surface area contributed by atoms with Crippen LogP contribution in [0.2, 0.25) is 0 Å². The molecule has 0 spiro atoms. The molecule has 0 fully saturated rings. The maximum atomic E-state index is 6.19. The topological polar surface area (TPSA) is 47.1 Å². The second-order valence-electron chi connectivity index (χ2n) is 14.1. The lowest BCUT2D eigenvalue weighted by atomic mass is 9.94. The number of aliphatic imine (C=N–C) groups is 2. The van der Waals surface area contributed by atoms with Crippen molar-refractivity contribution in [3.05, 3.63) is 216 Å². The third-order valence-corrected chi connectivity index (χ3v) is 10.3. The molecule has 0 aliphatic carbocycles. The number of benzene rings is 7. The van der Waals surface area contributed by atoms with Crippen LogP contribution in [0.1, 0.15) is 34.7 Å². The summed E-state index contributed by atoms with van der Waals surface area (Å²) in [5.74, 6) is 1.62. The predicted octanol–water partition coefficient (Wildman–Crippen LogP) is 13.0. The Morgan fingerprint density at radius 1 is 0.571 bits per heavy atom. The van der Waals surface area contributed by atoms with E-state index in [2.05, 4.69) is 146 Å². The van der Waals surface area contributed by atoms with Crippen molar-refractivity contribution < 1.29 is 9.15 Å². The van der Waals surface area contributed by atoms with Gasteiger partial charge in [0.25, 0.3) is 0 Å². The largest absolute Gasteiger partial charge is 0.489 e. The number of rotatable bonds is 7. The van der Waals surface area contributed by atoms with Crippen LogP contribution in [-0.4, -0.2) is 18.2 Å². The minimum absolute atomic E-state index is 0.450. The Kier molecular flexibility index (Phi) is 9.76. The highest BCUT2D eigenvalue weighted by molar-refractivity contribution is 6.12. The van der Waals surface area contributed by atoms with E-state index >= 15 is 0 Å². The summed E-state index contributed by atoms with van der Waals surface area (Å²) in [6.07, 6.45) is 7.34. The first kappa shape index (κ1) is 34.7. The van der Waals surface area contributed by atoms with Gasteiger partial charge in [-0.05, 0) is 118 Å². The van der Waals surface area contributed by atoms with Gasteiger partial charge >= 0.3 is 0 Å². The number of para-hydroxylation sites is 2. The van der Waals surface area contributed by atoms with Crippen molar-refractivity contribution >= 4 is 39.1 Å². The average molecular weight is 725 g/mol. The highest BCUT2D eigenvalue weighted by atomic mass is 16.5. The SMILES string of the molecule is CC(=NC(=NCc1cc(C2=CCc3ccccc3OCC=C2)cc(-c2ccc3oc4ccccc4c3c2)c1)c1ccccc1)c1cccc(-c2ccccc2)c1. The standard InChI is InChI=1S/C52H40N2O2/c1-36(42-19-12-20-43(32-42)38-14-4-2-5-15-38)54-52(41-17-6-3-7-18-41)53-35-37-30-45(39-21-13-29-55-49-23-10-8-16-40(49)26-25-39)33-46(31-37)44-27-28-51-48(34-44)47-22-9-11-24-50(47)56-51/h2-25,27-28,30-34H,26,29,35H2,1H3. The van der Waals surface area contributed by atoms with E-state index in [4.69, 9.17) is 19.1 Å². The molecule has 2 heterocycles. The van der Waals surface area contributed by atoms with Crippen LogP contribution in [0.25, 0.3) is 49.8 Å². The van der Waals surface area contributed by atoms with Gasteiger partial charge in [0.2, 0.25) is 0 Å². The zero-order valence-corrected chi connectivity index (χ0v) is 31.2. The van der Waals surface area contributed by atoms with Crippen LogP contribution in [0.4, 0.5) is 0 Å². The fourth-order valence-electron chi connectivity index (χ4n) is 7.37. The summed E-state index contributed by atoms with van der Waals surface area (Å²) in [5, 5.41) is 2.21. The number of furan rings is 1. The van der Waals surface area contributed by atoms with E-state index < -0.39 is 0 Å². The second kappa shape index (κ2) is 15.7. The smallest absolute Gasteiger partial charge is 0.155 e. The molecule has 1 aliphatic heterocycles. The highest BCUT2D eigenvalue weighted by Gasteiger charge is 2.13. The first-order chi connectivity index (χ1) is 27.6. The van der Waals surface area contributed by atoms with Crippen molar-refractivity contribution in [1.29, 1.82) is 0 Å². The maximum absolute atomic E-state index is 6.19. The molecule has 0 saturated heterocycles. The molecule has 0 bridgehead atoms. The summed E-state index contributed by atoms with van der Waals surface area (Å²) in [7, 11) is 0. The van der Waals surface area contributed by atoms with Crippen molar-refractivity contribution in [2.75, 3.05) is 6.61 Å². The van der Waals surface area contributed by atoms with Gasteiger partial charge in [-0.2, -0.15) is 0 Å². The van der Waals surface area contributed by atoms with Gasteiger partial charge in [0.15, 0.2) is 5.84 Å². The number of nitrogens with zero attached hydrogens (tertiary/aromatic N) is 2. The van der Waals surface area contributed by atoms with Crippen LogP contribution in [0.15, 0.2) is 202 Å². The molecule has 8 aromatic rings. The monoisotopic (exact) mass is 724 g/mol. The summed E-state index contributed by atoms with van der Waals surface area (Å²) in [4.78, 5) is 10.4. The minimum atomic E-state index is 0.450. The summed E-state index contributed by atoms with van der Waals surface area (Å²) in [5.41, 5.74) is 13.8. The van der Waals surface area contributed by atoms with Crippen molar-refractivity contribution in [2.45, 2.75) is 19.9 Å². The van der Waals surface area contributed by atoms with E-state index in [9.17, 15) is 0 Å². The first-order valence-electron chi connectivity index (χ1n) is 19.1. The second-order valence-corrected chi connectivity index (χ2v) is 14.1. The van der Waals surface area contributed by atoms with Crippen molar-refractivity contribution in [2.24, 2.45) is 9.98 Å². The van der Waals surface area contributed by atoms with Crippen LogP contribution in [0.5, 0.6) is 5.75 Å². The normalized spacial score (nSPS) is 13.4. The van der Waals surface area contributed by atoms with Crippen molar-refractivity contribution in [3.8, 4) is 28.0 Å². The fraction of sp³-hybridized carbons (Fsp3) is 0.0769. The third-order valence-electron chi connectivity index (χ3n) is 10.3. The van der Waals surface area contributed by atoms with Crippen LogP contribution in [0.3, 0.4) is 0 Å². The first-order valence-corrected chi connectivity index (χ1v) is 19.1. The molecule has 0 N–H and O–H groups in total. The van der Waals surface area contributed by atoms with Crippen molar-refractivity contribution in [1.82, 2.24) is 0 Å². The molecule has 0 amide bonds. The lowest BCUT2D eigenvalue weighted by Gasteiger charge is -2.12. The van der Waals surface area contributed by atoms with E-state index in [1.54, 1.807) is 0 Å². The lowest BCUT2D eigenvalue weighted by Crippen LogP contribution is -2.05. The van der Waals surface area contributed by atoms with E-state index in [1.807, 2.05) is 48.5 Å². The minimum Gasteiger partial charge on any atom is -0.489 e. The van der Waals surface area contributed by atoms with Crippen molar-refractivity contribution in [3.63, 3.8) is 0 Å². The molecular weight excluding hydrogens is 685 g/mol. The van der Waals surface area contributed by atoms with Gasteiger partial charge in [-0.15, -0.1) is 0 Å². The number of fused-ring (bicyclic) bond motifs is 4. The van der Waals surface area contributed by atoms with Crippen LogP contribution in [-0.2, 0) is 13.0 Å². The molecule has 4 nitrogen and oxygen atoms in total. The van der Waals surface area contributed by atoms with Gasteiger partial charge in [-0.1, -0.05) is 133 Å². The van der Waals surface area contributed by atoms with E-state index in [0.717, 1.165) is 84.3 Å². The molecule has 0 radical (unpaired) electrons. The quantitative estimate of drug-likeness (QED) is 0.121. The Balaban J connectivity index is 1.13. The molecule has 1 aromatic heterocycles. The molecule has 0 atom stereocenters. The van der Waals surface area contributed by atoms with E-state index in [-0.39, 0.29) is 0 Å². The van der Waals surface area contributed by atoms with Gasteiger partial charge in [0, 0.05) is 22.0 Å². The number of ether oxygens (including phenoxy) is 1. The van der Waals surface area contributed by atoms with Crippen LogP contribution < -0.4 is 4.74 Å². The third kappa shape index (κ3) is 7.51. The van der Waals surface area contributed by atoms with Gasteiger partial charge in [0.1, 0.15) is 23.5 Å². The zero-order chi connectivity index (χ0) is 37.7. The van der Waals surface area contributed by atoms with Crippen LogP contribution >= 0.6 is 0 Å². The average Bonchev–Trinajstić information content (AvgIpc) is 3.68. The predicted molar refractivity (Wildman–Crippen MR) is 233 cm³/mol. The summed E-state index contributed by atoms with van der Waals surface area (Å²) >= 11 is 0. The molecule has 56 heavy (non-hydrogen) atoms. The maximum Gasteiger partial charge on any atom is 0.155 e. The fourth-order valence-corrected chi connectivity index (χ4v) is 7.37. The molecule has 270 valence electrons. The Labute approximate surface area is 327 Å². The molecule has 9 rings (SSSR count). The number of hydrogen-bond donors (Lipinski definition) is 0. The molecule has 0 saturated carbocycles. The highest BCUT2D eigenvalue weighted by Crippen LogP contribution is 2.35. The molecule has 4 heteroatoms. The molecular formula is C52H40N2O2. The Hall–Kier alpha value is -7.04. The Morgan fingerprint density at radius 3 is 2.18 bits per heavy atom. The summed E-state index contributed by atoms with van der Waals surface area (Å²) in [6, 6.07) is 59.1. The Bertz CT molecular complexity index is 2810. The number of allylic oxidation sites excluding steroid dienone is 3. The zero-order valence-electron chi connectivity index (χ0n) is 31.2. The van der Waals surface area contributed by atoms with Gasteiger partial charge in [-0.25, -0.2) is 4.99 Å². The number of hydrogen-bond acceptors (Lipinski definition) is 3. The molecule has 0 unspecified atom stereocenters.